The summed E-state index contributed by atoms with van der Waals surface area (Å²) in [5.74, 6) is 6.05. The number of hydrazine groups is 1. The molecular weight excluding hydrogens is 347 g/mol. The minimum Gasteiger partial charge on any atom is -0.369 e. The lowest BCUT2D eigenvalue weighted by Gasteiger charge is -2.18. The van der Waals surface area contributed by atoms with Gasteiger partial charge in [0.05, 0.1) is 5.69 Å². The number of nitrogens with one attached hydrogen (secondary N) is 1. The Morgan fingerprint density at radius 3 is 2.46 bits per heavy atom. The monoisotopic (exact) mass is 370 g/mol. The lowest BCUT2D eigenvalue weighted by molar-refractivity contribution is 0.568. The van der Waals surface area contributed by atoms with E-state index in [1.54, 1.807) is 19.1 Å². The van der Waals surface area contributed by atoms with Crippen molar-refractivity contribution in [1.29, 1.82) is 0 Å². The van der Waals surface area contributed by atoms with Gasteiger partial charge >= 0.3 is 0 Å². The highest BCUT2D eigenvalue weighted by molar-refractivity contribution is 6.36. The molecule has 6 nitrogen and oxygen atoms in total. The molecule has 0 spiro atoms. The van der Waals surface area contributed by atoms with Crippen molar-refractivity contribution in [2.45, 2.75) is 51.0 Å². The van der Waals surface area contributed by atoms with Gasteiger partial charge in [-0.1, -0.05) is 29.6 Å². The second-order valence-electron chi connectivity index (χ2n) is 6.09. The first kappa shape index (κ1) is 19.0. The van der Waals surface area contributed by atoms with Gasteiger partial charge in [0, 0.05) is 16.1 Å². The second kappa shape index (κ2) is 8.67. The van der Waals surface area contributed by atoms with Crippen LogP contribution in [-0.4, -0.2) is 17.8 Å². The van der Waals surface area contributed by atoms with Gasteiger partial charge in [0.2, 0.25) is 5.96 Å². The number of benzene rings is 1. The van der Waals surface area contributed by atoms with E-state index in [9.17, 15) is 0 Å². The molecule has 2 rings (SSSR count). The zero-order valence-electron chi connectivity index (χ0n) is 13.7. The Labute approximate surface area is 152 Å². The summed E-state index contributed by atoms with van der Waals surface area (Å²) < 4.78 is 0. The molecule has 8 heteroatoms. The maximum atomic E-state index is 6.50. The van der Waals surface area contributed by atoms with E-state index in [-0.39, 0.29) is 12.0 Å². The molecule has 2 atom stereocenters. The molecule has 1 saturated carbocycles. The van der Waals surface area contributed by atoms with Crippen LogP contribution in [0.1, 0.15) is 50.5 Å². The molecule has 1 aromatic rings. The number of halogens is 2. The van der Waals surface area contributed by atoms with Crippen molar-refractivity contribution < 1.29 is 0 Å². The first-order chi connectivity index (χ1) is 11.4. The van der Waals surface area contributed by atoms with Gasteiger partial charge in [0.15, 0.2) is 0 Å². The summed E-state index contributed by atoms with van der Waals surface area (Å²) in [6.07, 6.45) is 5.21. The van der Waals surface area contributed by atoms with Crippen LogP contribution in [0.25, 0.3) is 0 Å². The Morgan fingerprint density at radius 2 is 1.83 bits per heavy atom. The Kier molecular flexibility index (Phi) is 6.86. The minimum absolute atomic E-state index is 0.0832. The zero-order chi connectivity index (χ0) is 17.7. The Morgan fingerprint density at radius 1 is 1.17 bits per heavy atom. The predicted octanol–water partition coefficient (Wildman–Crippen LogP) is 3.20. The van der Waals surface area contributed by atoms with E-state index < -0.39 is 0 Å². The molecule has 1 aliphatic rings. The van der Waals surface area contributed by atoms with Crippen LogP contribution in [0.4, 0.5) is 5.69 Å². The molecule has 24 heavy (non-hydrogen) atoms. The highest BCUT2D eigenvalue weighted by Crippen LogP contribution is 2.41. The highest BCUT2D eigenvalue weighted by Gasteiger charge is 2.22. The fourth-order valence-corrected chi connectivity index (χ4v) is 3.85. The van der Waals surface area contributed by atoms with Crippen molar-refractivity contribution >= 4 is 40.7 Å². The summed E-state index contributed by atoms with van der Waals surface area (Å²) in [5, 5.41) is 1.26. The lowest BCUT2D eigenvalue weighted by Crippen LogP contribution is -2.37. The van der Waals surface area contributed by atoms with Gasteiger partial charge in [-0.15, -0.1) is 0 Å². The maximum absolute atomic E-state index is 6.50. The third-order valence-corrected chi connectivity index (χ3v) is 4.83. The average molecular weight is 371 g/mol. The predicted molar refractivity (Wildman–Crippen MR) is 102 cm³/mol. The average Bonchev–Trinajstić information content (AvgIpc) is 2.71. The zero-order valence-corrected chi connectivity index (χ0v) is 15.2. The van der Waals surface area contributed by atoms with Crippen molar-refractivity contribution in [3.05, 3.63) is 27.7 Å². The number of rotatable bonds is 2. The van der Waals surface area contributed by atoms with Gasteiger partial charge in [0.1, 0.15) is 5.84 Å². The summed E-state index contributed by atoms with van der Waals surface area (Å²) in [5.41, 5.74) is 15.4. The van der Waals surface area contributed by atoms with E-state index in [0.29, 0.717) is 27.5 Å². The number of amidine groups is 1. The van der Waals surface area contributed by atoms with Gasteiger partial charge < -0.3 is 11.5 Å². The lowest BCUT2D eigenvalue weighted by atomic mass is 9.91. The first-order valence-corrected chi connectivity index (χ1v) is 8.77. The van der Waals surface area contributed by atoms with Crippen LogP contribution in [0.2, 0.25) is 10.0 Å². The molecule has 0 amide bonds. The van der Waals surface area contributed by atoms with Gasteiger partial charge in [-0.2, -0.15) is 4.99 Å². The quantitative estimate of drug-likeness (QED) is 0.210. The molecule has 2 unspecified atom stereocenters. The molecule has 7 N–H and O–H groups in total. The second-order valence-corrected chi connectivity index (χ2v) is 6.90. The van der Waals surface area contributed by atoms with Crippen molar-refractivity contribution in [1.82, 2.24) is 5.43 Å². The largest absolute Gasteiger partial charge is 0.369 e. The summed E-state index contributed by atoms with van der Waals surface area (Å²) in [7, 11) is 0. The van der Waals surface area contributed by atoms with Gasteiger partial charge in [-0.05, 0) is 56.2 Å². The Balaban J connectivity index is 2.27. The van der Waals surface area contributed by atoms with Crippen molar-refractivity contribution in [3.8, 4) is 0 Å². The van der Waals surface area contributed by atoms with E-state index in [1.165, 1.54) is 0 Å². The fraction of sp³-hybridized carbons (Fsp3) is 0.500. The fourth-order valence-electron chi connectivity index (χ4n) is 3.06. The third kappa shape index (κ3) is 5.08. The molecule has 0 heterocycles. The topological polar surface area (TPSA) is 115 Å². The number of hydrogen-bond acceptors (Lipinski definition) is 3. The van der Waals surface area contributed by atoms with E-state index in [2.05, 4.69) is 15.4 Å². The molecule has 0 saturated heterocycles. The highest BCUT2D eigenvalue weighted by atomic mass is 35.5. The number of nitrogens with two attached hydrogens (primary N) is 3. The van der Waals surface area contributed by atoms with Crippen LogP contribution in [0.5, 0.6) is 0 Å². The van der Waals surface area contributed by atoms with Crippen molar-refractivity contribution in [2.24, 2.45) is 27.3 Å². The molecule has 0 aromatic heterocycles. The summed E-state index contributed by atoms with van der Waals surface area (Å²) >= 11 is 13.0. The van der Waals surface area contributed by atoms with Gasteiger partial charge in [-0.3, -0.25) is 5.43 Å². The maximum Gasteiger partial charge on any atom is 0.209 e. The molecule has 1 aliphatic carbocycles. The van der Waals surface area contributed by atoms with Crippen LogP contribution in [-0.2, 0) is 0 Å². The normalized spacial score (nSPS) is 23.0. The van der Waals surface area contributed by atoms with Crippen LogP contribution >= 0.6 is 23.2 Å². The number of guanidine groups is 1. The number of aliphatic imine (C=N–C) groups is 2. The smallest absolute Gasteiger partial charge is 0.209 e. The molecule has 1 aromatic carbocycles. The first-order valence-electron chi connectivity index (χ1n) is 8.01. The minimum atomic E-state index is 0.0832. The van der Waals surface area contributed by atoms with E-state index in [0.717, 1.165) is 37.7 Å². The van der Waals surface area contributed by atoms with Gasteiger partial charge in [0.25, 0.3) is 0 Å². The van der Waals surface area contributed by atoms with Crippen LogP contribution in [0.15, 0.2) is 22.1 Å². The molecule has 1 fully saturated rings. The summed E-state index contributed by atoms with van der Waals surface area (Å²) in [4.78, 5) is 8.34. The van der Waals surface area contributed by atoms with E-state index in [4.69, 9.17) is 40.5 Å². The Bertz CT molecular complexity index is 620. The van der Waals surface area contributed by atoms with Crippen molar-refractivity contribution in [3.63, 3.8) is 0 Å². The summed E-state index contributed by atoms with van der Waals surface area (Å²) in [6.45, 7) is 1.71. The SMILES string of the molecule is CC(=Nc1cc(Cl)c(C2CCCC(N)CC2)c(Cl)c1)N=C(N)NN. The van der Waals surface area contributed by atoms with Gasteiger partial charge in [-0.25, -0.2) is 10.8 Å². The number of nitrogens with zero attached hydrogens (tertiary/aromatic N) is 2. The van der Waals surface area contributed by atoms with Crippen LogP contribution < -0.4 is 22.7 Å². The van der Waals surface area contributed by atoms with Crippen molar-refractivity contribution in [2.75, 3.05) is 0 Å². The molecule has 0 radical (unpaired) electrons. The number of hydrogen-bond donors (Lipinski definition) is 4. The van der Waals surface area contributed by atoms with E-state index in [1.807, 2.05) is 0 Å². The molecule has 0 aliphatic heterocycles. The Hall–Kier alpha value is -1.34. The van der Waals surface area contributed by atoms with E-state index >= 15 is 0 Å². The molecular formula is C16H24Cl2N6. The molecule has 0 bridgehead atoms. The van der Waals surface area contributed by atoms with Crippen LogP contribution in [0, 0.1) is 0 Å². The van der Waals surface area contributed by atoms with Crippen LogP contribution in [0.3, 0.4) is 0 Å². The summed E-state index contributed by atoms with van der Waals surface area (Å²) in [6, 6.07) is 3.88. The third-order valence-electron chi connectivity index (χ3n) is 4.21. The standard InChI is InChI=1S/C16H24Cl2N6/c1-9(23-16(20)24-21)22-12-7-13(17)15(14(18)8-12)10-3-2-4-11(19)6-5-10/h7-8,10-11H,2-6,19,21H2,1H3,(H3,20,22,23,24). The molecule has 132 valence electrons.